The van der Waals surface area contributed by atoms with E-state index in [0.717, 1.165) is 45.8 Å². The normalized spacial score (nSPS) is 24.4. The highest BCUT2D eigenvalue weighted by Crippen LogP contribution is 2.09. The summed E-state index contributed by atoms with van der Waals surface area (Å²) in [5.74, 6) is 0. The second-order valence-electron chi connectivity index (χ2n) is 4.57. The van der Waals surface area contributed by atoms with Crippen molar-refractivity contribution in [1.82, 2.24) is 9.80 Å². The monoisotopic (exact) mass is 225 g/mol. The quantitative estimate of drug-likeness (QED) is 0.679. The minimum atomic E-state index is 0.733. The van der Waals surface area contributed by atoms with Crippen LogP contribution in [0, 0.1) is 0 Å². The second-order valence-corrected chi connectivity index (χ2v) is 4.57. The predicted molar refractivity (Wildman–Crippen MR) is 65.5 cm³/mol. The molecule has 2 heterocycles. The number of hydrogen-bond donors (Lipinski definition) is 1. The van der Waals surface area contributed by atoms with Gasteiger partial charge in [-0.2, -0.15) is 0 Å². The summed E-state index contributed by atoms with van der Waals surface area (Å²) in [5, 5.41) is 0. The number of nitrogens with two attached hydrogens (primary N) is 1. The van der Waals surface area contributed by atoms with E-state index in [0.29, 0.717) is 0 Å². The van der Waals surface area contributed by atoms with Crippen LogP contribution < -0.4 is 5.73 Å². The van der Waals surface area contributed by atoms with Crippen molar-refractivity contribution in [1.29, 1.82) is 0 Å². The molecule has 4 nitrogen and oxygen atoms in total. The minimum Gasteiger partial charge on any atom is -0.379 e. The number of nitrogens with zero attached hydrogens (tertiary/aromatic N) is 2. The van der Waals surface area contributed by atoms with Crippen molar-refractivity contribution in [2.75, 3.05) is 59.0 Å². The van der Waals surface area contributed by atoms with Gasteiger partial charge in [0.1, 0.15) is 0 Å². The molecular formula is C12H23N3O. The molecule has 0 aromatic heterocycles. The number of hydrogen-bond acceptors (Lipinski definition) is 4. The molecule has 0 radical (unpaired) electrons. The summed E-state index contributed by atoms with van der Waals surface area (Å²) in [4.78, 5) is 5.00. The van der Waals surface area contributed by atoms with Crippen LogP contribution in [-0.2, 0) is 4.74 Å². The van der Waals surface area contributed by atoms with Crippen molar-refractivity contribution < 1.29 is 4.74 Å². The van der Waals surface area contributed by atoms with Crippen molar-refractivity contribution in [3.05, 3.63) is 11.6 Å². The average molecular weight is 225 g/mol. The summed E-state index contributed by atoms with van der Waals surface area (Å²) in [7, 11) is 0. The lowest BCUT2D eigenvalue weighted by Gasteiger charge is -2.31. The van der Waals surface area contributed by atoms with Crippen molar-refractivity contribution >= 4 is 0 Å². The Balaban J connectivity index is 1.65. The zero-order valence-corrected chi connectivity index (χ0v) is 10.0. The molecule has 0 spiro atoms. The van der Waals surface area contributed by atoms with E-state index in [1.54, 1.807) is 0 Å². The lowest BCUT2D eigenvalue weighted by atomic mass is 10.1. The Labute approximate surface area is 98.0 Å². The first-order valence-corrected chi connectivity index (χ1v) is 6.29. The van der Waals surface area contributed by atoms with Crippen molar-refractivity contribution in [3.63, 3.8) is 0 Å². The molecule has 1 saturated heterocycles. The second kappa shape index (κ2) is 6.35. The van der Waals surface area contributed by atoms with Gasteiger partial charge in [0.15, 0.2) is 0 Å². The fraction of sp³-hybridized carbons (Fsp3) is 0.833. The Bertz CT molecular complexity index is 236. The molecule has 2 N–H and O–H groups in total. The van der Waals surface area contributed by atoms with E-state index in [-0.39, 0.29) is 0 Å². The Morgan fingerprint density at radius 2 is 1.88 bits per heavy atom. The highest BCUT2D eigenvalue weighted by Gasteiger charge is 2.14. The first-order chi connectivity index (χ1) is 7.88. The summed E-state index contributed by atoms with van der Waals surface area (Å²) in [6, 6.07) is 0. The summed E-state index contributed by atoms with van der Waals surface area (Å²) >= 11 is 0. The highest BCUT2D eigenvalue weighted by molar-refractivity contribution is 5.08. The molecule has 0 aromatic rings. The van der Waals surface area contributed by atoms with Crippen LogP contribution in [0.2, 0.25) is 0 Å². The molecule has 0 bridgehead atoms. The number of morpholine rings is 1. The van der Waals surface area contributed by atoms with E-state index in [1.165, 1.54) is 25.2 Å². The van der Waals surface area contributed by atoms with Gasteiger partial charge in [0.25, 0.3) is 0 Å². The molecule has 2 aliphatic heterocycles. The van der Waals surface area contributed by atoms with E-state index in [1.807, 2.05) is 0 Å². The summed E-state index contributed by atoms with van der Waals surface area (Å²) < 4.78 is 5.34. The van der Waals surface area contributed by atoms with E-state index in [9.17, 15) is 0 Å². The van der Waals surface area contributed by atoms with Gasteiger partial charge in [0, 0.05) is 45.8 Å². The van der Waals surface area contributed by atoms with Crippen molar-refractivity contribution in [3.8, 4) is 0 Å². The molecule has 4 heteroatoms. The minimum absolute atomic E-state index is 0.733. The molecule has 0 atom stereocenters. The van der Waals surface area contributed by atoms with Gasteiger partial charge in [-0.15, -0.1) is 0 Å². The van der Waals surface area contributed by atoms with Crippen LogP contribution >= 0.6 is 0 Å². The van der Waals surface area contributed by atoms with Crippen LogP contribution in [0.15, 0.2) is 11.6 Å². The van der Waals surface area contributed by atoms with Crippen LogP contribution in [0.4, 0.5) is 0 Å². The first-order valence-electron chi connectivity index (χ1n) is 6.29. The Morgan fingerprint density at radius 1 is 1.12 bits per heavy atom. The zero-order valence-electron chi connectivity index (χ0n) is 10.0. The standard InChI is InChI=1S/C12H23N3O/c13-11-12-1-3-14(4-2-12)5-6-15-7-9-16-10-8-15/h1H,2-11,13H2. The third kappa shape index (κ3) is 3.56. The van der Waals surface area contributed by atoms with Crippen LogP contribution in [0.3, 0.4) is 0 Å². The van der Waals surface area contributed by atoms with Crippen LogP contribution in [0.25, 0.3) is 0 Å². The van der Waals surface area contributed by atoms with E-state index < -0.39 is 0 Å². The molecule has 0 aliphatic carbocycles. The molecule has 2 aliphatic rings. The van der Waals surface area contributed by atoms with Gasteiger partial charge in [-0.25, -0.2) is 0 Å². The van der Waals surface area contributed by atoms with Gasteiger partial charge in [-0.05, 0) is 6.42 Å². The fourth-order valence-corrected chi connectivity index (χ4v) is 2.25. The van der Waals surface area contributed by atoms with Gasteiger partial charge in [-0.1, -0.05) is 11.6 Å². The summed E-state index contributed by atoms with van der Waals surface area (Å²) in [6.07, 6.45) is 3.45. The topological polar surface area (TPSA) is 41.7 Å². The fourth-order valence-electron chi connectivity index (χ4n) is 2.25. The van der Waals surface area contributed by atoms with Crippen LogP contribution in [-0.4, -0.2) is 68.8 Å². The smallest absolute Gasteiger partial charge is 0.0594 e. The largest absolute Gasteiger partial charge is 0.379 e. The van der Waals surface area contributed by atoms with Gasteiger partial charge < -0.3 is 10.5 Å². The van der Waals surface area contributed by atoms with Gasteiger partial charge in [-0.3, -0.25) is 9.80 Å². The molecule has 0 saturated carbocycles. The lowest BCUT2D eigenvalue weighted by Crippen LogP contribution is -2.42. The van der Waals surface area contributed by atoms with Crippen LogP contribution in [0.1, 0.15) is 6.42 Å². The maximum absolute atomic E-state index is 5.63. The summed E-state index contributed by atoms with van der Waals surface area (Å²) in [6.45, 7) is 9.33. The molecular weight excluding hydrogens is 202 g/mol. The Morgan fingerprint density at radius 3 is 2.50 bits per heavy atom. The molecule has 0 amide bonds. The molecule has 92 valence electrons. The number of ether oxygens (including phenoxy) is 1. The summed E-state index contributed by atoms with van der Waals surface area (Å²) in [5.41, 5.74) is 7.05. The highest BCUT2D eigenvalue weighted by atomic mass is 16.5. The zero-order chi connectivity index (χ0) is 11.2. The molecule has 1 fully saturated rings. The van der Waals surface area contributed by atoms with Gasteiger partial charge >= 0.3 is 0 Å². The first kappa shape index (κ1) is 12.0. The molecule has 16 heavy (non-hydrogen) atoms. The molecule has 0 unspecified atom stereocenters. The predicted octanol–water partition coefficient (Wildman–Crippen LogP) is -0.0906. The number of rotatable bonds is 4. The van der Waals surface area contributed by atoms with E-state index >= 15 is 0 Å². The third-order valence-corrected chi connectivity index (χ3v) is 3.49. The lowest BCUT2D eigenvalue weighted by molar-refractivity contribution is 0.0337. The van der Waals surface area contributed by atoms with Gasteiger partial charge in [0.05, 0.1) is 13.2 Å². The van der Waals surface area contributed by atoms with Crippen molar-refractivity contribution in [2.45, 2.75) is 6.42 Å². The maximum Gasteiger partial charge on any atom is 0.0594 e. The third-order valence-electron chi connectivity index (χ3n) is 3.49. The molecule has 2 rings (SSSR count). The molecule has 0 aromatic carbocycles. The van der Waals surface area contributed by atoms with Gasteiger partial charge in [0.2, 0.25) is 0 Å². The van der Waals surface area contributed by atoms with Crippen molar-refractivity contribution in [2.24, 2.45) is 5.73 Å². The SMILES string of the molecule is NCC1=CCN(CCN2CCOCC2)CC1. The van der Waals surface area contributed by atoms with E-state index in [4.69, 9.17) is 10.5 Å². The maximum atomic E-state index is 5.63. The van der Waals surface area contributed by atoms with Crippen LogP contribution in [0.5, 0.6) is 0 Å². The van der Waals surface area contributed by atoms with E-state index in [2.05, 4.69) is 15.9 Å². The Hall–Kier alpha value is -0.420. The Kier molecular flexibility index (Phi) is 4.78. The average Bonchev–Trinajstić information content (AvgIpc) is 2.38.